The number of hydrogen-bond donors (Lipinski definition) is 0. The van der Waals surface area contributed by atoms with Gasteiger partial charge in [-0.25, -0.2) is 9.59 Å². The summed E-state index contributed by atoms with van der Waals surface area (Å²) in [6.07, 6.45) is 14.1. The summed E-state index contributed by atoms with van der Waals surface area (Å²) in [7, 11) is 0. The summed E-state index contributed by atoms with van der Waals surface area (Å²) >= 11 is 0. The Balaban J connectivity index is 1.20. The number of carbonyl (C=O) groups is 4. The lowest BCUT2D eigenvalue weighted by Crippen LogP contribution is -2.50. The highest BCUT2D eigenvalue weighted by molar-refractivity contribution is 5.95. The molecule has 6 rings (SSSR count). The summed E-state index contributed by atoms with van der Waals surface area (Å²) in [5.74, 6) is 4.35. The number of hydrogen-bond acceptors (Lipinski definition) is 8. The van der Waals surface area contributed by atoms with Crippen LogP contribution in [0.2, 0.25) is 0 Å². The molecule has 0 amide bonds. The van der Waals surface area contributed by atoms with E-state index in [9.17, 15) is 19.2 Å². The van der Waals surface area contributed by atoms with Crippen LogP contribution in [0.15, 0.2) is 65.4 Å². The highest BCUT2D eigenvalue weighted by atomic mass is 16.6. The minimum absolute atomic E-state index is 0.326. The summed E-state index contributed by atoms with van der Waals surface area (Å²) in [5.41, 5.74) is -0.890. The van der Waals surface area contributed by atoms with Gasteiger partial charge in [-0.3, -0.25) is 9.59 Å². The van der Waals surface area contributed by atoms with Gasteiger partial charge in [0.1, 0.15) is 11.5 Å². The molecule has 4 atom stereocenters. The normalized spacial score (nSPS) is 28.9. The number of fused-ring (bicyclic) bond motifs is 4. The number of allylic oxidation sites excluding steroid dienone is 1. The third-order valence-corrected chi connectivity index (χ3v) is 14.2. The van der Waals surface area contributed by atoms with Crippen molar-refractivity contribution >= 4 is 23.9 Å². The van der Waals surface area contributed by atoms with Crippen LogP contribution in [0, 0.1) is 46.3 Å². The Bertz CT molecular complexity index is 1950. The summed E-state index contributed by atoms with van der Waals surface area (Å²) in [5, 5.41) is 0. The largest absolute Gasteiger partial charge is 0.446 e. The van der Waals surface area contributed by atoms with Crippen LogP contribution in [-0.4, -0.2) is 35.1 Å². The Hall–Kier alpha value is -5.04. The Morgan fingerprint density at radius 2 is 0.925 bits per heavy atom. The lowest BCUT2D eigenvalue weighted by atomic mass is 9.66. The van der Waals surface area contributed by atoms with Gasteiger partial charge < -0.3 is 18.9 Å². The van der Waals surface area contributed by atoms with Crippen LogP contribution in [0.5, 0.6) is 11.5 Å². The second kappa shape index (κ2) is 11.7. The zero-order valence-electron chi connectivity index (χ0n) is 32.4. The molecule has 53 heavy (non-hydrogen) atoms. The molecule has 2 aromatic rings. The third-order valence-electron chi connectivity index (χ3n) is 14.2. The summed E-state index contributed by atoms with van der Waals surface area (Å²) in [6.45, 7) is 19.1. The summed E-state index contributed by atoms with van der Waals surface area (Å²) in [6, 6.07) is 14.1. The first-order valence-electron chi connectivity index (χ1n) is 18.1. The fraction of sp³-hybridized carbons (Fsp3) is 0.489. The van der Waals surface area contributed by atoms with E-state index in [0.717, 1.165) is 11.1 Å². The van der Waals surface area contributed by atoms with E-state index in [1.54, 1.807) is 24.3 Å². The van der Waals surface area contributed by atoms with Crippen molar-refractivity contribution in [1.82, 2.24) is 0 Å². The van der Waals surface area contributed by atoms with Crippen molar-refractivity contribution in [1.29, 1.82) is 0 Å². The van der Waals surface area contributed by atoms with Crippen molar-refractivity contribution < 1.29 is 38.1 Å². The number of esters is 4. The quantitative estimate of drug-likeness (QED) is 0.118. The van der Waals surface area contributed by atoms with E-state index in [1.165, 1.54) is 0 Å². The maximum atomic E-state index is 13.5. The van der Waals surface area contributed by atoms with Gasteiger partial charge in [0.2, 0.25) is 11.2 Å². The minimum atomic E-state index is -1.33. The average Bonchev–Trinajstić information content (AvgIpc) is 3.57. The molecule has 0 N–H and O–H groups in total. The van der Waals surface area contributed by atoms with Crippen LogP contribution in [0.1, 0.15) is 106 Å². The zero-order valence-corrected chi connectivity index (χ0v) is 32.4. The molecule has 4 fully saturated rings. The van der Waals surface area contributed by atoms with E-state index >= 15 is 0 Å². The van der Waals surface area contributed by atoms with Crippen LogP contribution in [0.25, 0.3) is 0 Å². The molecular formula is C45H48O8. The average molecular weight is 717 g/mol. The van der Waals surface area contributed by atoms with E-state index in [-0.39, 0.29) is 11.9 Å². The zero-order chi connectivity index (χ0) is 39.2. The molecule has 0 radical (unpaired) electrons. The maximum absolute atomic E-state index is 13.5. The van der Waals surface area contributed by atoms with Crippen molar-refractivity contribution in [2.75, 3.05) is 0 Å². The predicted molar refractivity (Wildman–Crippen MR) is 198 cm³/mol. The van der Waals surface area contributed by atoms with E-state index in [2.05, 4.69) is 17.6 Å². The number of rotatable bonds is 8. The van der Waals surface area contributed by atoms with Crippen LogP contribution in [0.4, 0.5) is 0 Å². The molecule has 0 spiro atoms. The van der Waals surface area contributed by atoms with E-state index < -0.39 is 55.6 Å². The summed E-state index contributed by atoms with van der Waals surface area (Å²) < 4.78 is 23.0. The van der Waals surface area contributed by atoms with Gasteiger partial charge in [-0.2, -0.15) is 0 Å². The van der Waals surface area contributed by atoms with E-state index in [4.69, 9.17) is 31.8 Å². The molecule has 2 aliphatic heterocycles. The van der Waals surface area contributed by atoms with E-state index in [1.807, 2.05) is 93.5 Å². The second-order valence-electron chi connectivity index (χ2n) is 17.6. The Morgan fingerprint density at radius 1 is 0.604 bits per heavy atom. The first-order valence-corrected chi connectivity index (χ1v) is 18.1. The Kier molecular flexibility index (Phi) is 8.35. The standard InChI is InChI=1S/C45H48O8/c1-13-28(38(3,4)30-15-19-32(20-16-30)50-36(48)44-25-23-42(11,34(46)52-44)40(44,7)8)27-29(14-2)39(5,6)31-17-21-33(22-18-31)51-37(49)45-26-24-43(12,35(47)53-45)41(45,9)10/h1-2,15-22H,23-26H2,3-12H3/t27?,42-,43-,44+,45+/m0/s1. The van der Waals surface area contributed by atoms with E-state index in [0.29, 0.717) is 48.3 Å². The first-order chi connectivity index (χ1) is 24.5. The number of ether oxygens (including phenoxy) is 4. The van der Waals surface area contributed by atoms with Gasteiger partial charge in [-0.1, -0.05) is 97.2 Å². The molecule has 0 unspecified atom stereocenters. The van der Waals surface area contributed by atoms with Crippen LogP contribution in [-0.2, 0) is 39.5 Å². The molecule has 8 heteroatoms. The molecule has 2 saturated carbocycles. The van der Waals surface area contributed by atoms with Gasteiger partial charge in [0.05, 0.1) is 22.0 Å². The van der Waals surface area contributed by atoms with Crippen molar-refractivity contribution in [3.05, 3.63) is 76.5 Å². The molecule has 4 aliphatic rings. The molecule has 276 valence electrons. The Labute approximate surface area is 312 Å². The number of terminal acetylenes is 2. The molecule has 0 aromatic heterocycles. The van der Waals surface area contributed by atoms with Gasteiger partial charge >= 0.3 is 23.9 Å². The molecular weight excluding hydrogens is 668 g/mol. The van der Waals surface area contributed by atoms with Gasteiger partial charge in [-0.05, 0) is 74.9 Å². The molecule has 2 saturated heterocycles. The van der Waals surface area contributed by atoms with Gasteiger partial charge in [-0.15, -0.1) is 12.8 Å². The number of benzene rings is 2. The highest BCUT2D eigenvalue weighted by Gasteiger charge is 2.77. The van der Waals surface area contributed by atoms with Crippen molar-refractivity contribution in [2.24, 2.45) is 21.7 Å². The van der Waals surface area contributed by atoms with Crippen LogP contribution >= 0.6 is 0 Å². The predicted octanol–water partition coefficient (Wildman–Crippen LogP) is 7.71. The van der Waals surface area contributed by atoms with Crippen molar-refractivity contribution in [3.63, 3.8) is 0 Å². The monoisotopic (exact) mass is 716 g/mol. The topological polar surface area (TPSA) is 105 Å². The van der Waals surface area contributed by atoms with Crippen LogP contribution < -0.4 is 9.47 Å². The molecule has 2 heterocycles. The second-order valence-corrected chi connectivity index (χ2v) is 17.6. The number of carbonyl (C=O) groups excluding carboxylic acids is 4. The lowest BCUT2D eigenvalue weighted by molar-refractivity contribution is -0.176. The summed E-state index contributed by atoms with van der Waals surface area (Å²) in [4.78, 5) is 52.3. The highest BCUT2D eigenvalue weighted by Crippen LogP contribution is 2.67. The van der Waals surface area contributed by atoms with Crippen molar-refractivity contribution in [2.45, 2.75) is 117 Å². The lowest BCUT2D eigenvalue weighted by Gasteiger charge is -2.34. The van der Waals surface area contributed by atoms with Gasteiger partial charge in [0.15, 0.2) is 0 Å². The third kappa shape index (κ3) is 4.92. The SMILES string of the molecule is C#CC(=C=C(C#C)C(C)(C)c1ccc(OC(=O)[C@@]23CC[C@@](C)(C(=O)O2)C3(C)C)cc1)C(C)(C)c1ccc(OC(=O)[C@@]23CC[C@@](C)(C(=O)O2)C3(C)C)cc1. The van der Waals surface area contributed by atoms with Gasteiger partial charge in [0, 0.05) is 21.7 Å². The van der Waals surface area contributed by atoms with Crippen molar-refractivity contribution in [3.8, 4) is 36.2 Å². The minimum Gasteiger partial charge on any atom is -0.446 e. The Morgan fingerprint density at radius 3 is 1.17 bits per heavy atom. The fourth-order valence-corrected chi connectivity index (χ4v) is 8.82. The fourth-order valence-electron chi connectivity index (χ4n) is 8.82. The molecule has 2 aliphatic carbocycles. The molecule has 4 bridgehead atoms. The van der Waals surface area contributed by atoms with Crippen LogP contribution in [0.3, 0.4) is 0 Å². The smallest absolute Gasteiger partial charge is 0.356 e. The molecule has 2 aromatic carbocycles. The first kappa shape index (κ1) is 37.7. The van der Waals surface area contributed by atoms with Gasteiger partial charge in [0.25, 0.3) is 0 Å². The maximum Gasteiger partial charge on any atom is 0.356 e. The molecule has 8 nitrogen and oxygen atoms in total.